The van der Waals surface area contributed by atoms with Gasteiger partial charge in [0.25, 0.3) is 5.91 Å². The average Bonchev–Trinajstić information content (AvgIpc) is 3.41. The number of fused-ring (bicyclic) bond motifs is 1. The van der Waals surface area contributed by atoms with Crippen molar-refractivity contribution < 1.29 is 27.4 Å². The second-order valence-electron chi connectivity index (χ2n) is 7.23. The highest BCUT2D eigenvalue weighted by Gasteiger charge is 2.30. The molecular weight excluding hydrogens is 439 g/mol. The van der Waals surface area contributed by atoms with Gasteiger partial charge in [0.15, 0.2) is 0 Å². The van der Waals surface area contributed by atoms with E-state index in [9.17, 15) is 18.0 Å². The van der Waals surface area contributed by atoms with Crippen molar-refractivity contribution in [3.63, 3.8) is 0 Å². The first-order valence-corrected chi connectivity index (χ1v) is 9.79. The van der Waals surface area contributed by atoms with Gasteiger partial charge in [0.2, 0.25) is 0 Å². The minimum absolute atomic E-state index is 0.0661. The number of halogens is 3. The summed E-state index contributed by atoms with van der Waals surface area (Å²) in [5, 5.41) is 1.85. The third-order valence-corrected chi connectivity index (χ3v) is 4.99. The number of hydrogen-bond acceptors (Lipinski definition) is 5. The molecular formula is C22H20F3N5O3. The van der Waals surface area contributed by atoms with Crippen LogP contribution in [-0.4, -0.2) is 51.9 Å². The average molecular weight is 459 g/mol. The van der Waals surface area contributed by atoms with Crippen molar-refractivity contribution in [2.24, 2.45) is 0 Å². The minimum Gasteiger partial charge on any atom is -0.496 e. The van der Waals surface area contributed by atoms with Crippen molar-refractivity contribution in [1.82, 2.24) is 24.4 Å². The van der Waals surface area contributed by atoms with Crippen LogP contribution in [0.5, 0.6) is 11.5 Å². The van der Waals surface area contributed by atoms with Crippen molar-refractivity contribution in [2.75, 3.05) is 20.8 Å². The molecule has 11 heteroatoms. The van der Waals surface area contributed by atoms with Crippen LogP contribution in [0.25, 0.3) is 22.4 Å². The Morgan fingerprint density at radius 2 is 1.73 bits per heavy atom. The molecule has 2 aromatic carbocycles. The lowest BCUT2D eigenvalue weighted by Crippen LogP contribution is -2.34. The molecule has 1 N–H and O–H groups in total. The Labute approximate surface area is 186 Å². The predicted octanol–water partition coefficient (Wildman–Crippen LogP) is 3.83. The maximum Gasteiger partial charge on any atom is 0.405 e. The van der Waals surface area contributed by atoms with Crippen molar-refractivity contribution >= 4 is 16.9 Å². The summed E-state index contributed by atoms with van der Waals surface area (Å²) in [6.45, 7) is 0.433. The SMILES string of the molecule is COc1cc(-n2cnc3cc(-n4cnc(C)c4)ccc32)cc(OC)c1C(=O)NCC(F)(F)F. The number of imidazole rings is 2. The largest absolute Gasteiger partial charge is 0.496 e. The topological polar surface area (TPSA) is 83.2 Å². The van der Waals surface area contributed by atoms with Gasteiger partial charge in [-0.2, -0.15) is 13.2 Å². The van der Waals surface area contributed by atoms with Crippen LogP contribution in [0.15, 0.2) is 49.2 Å². The van der Waals surface area contributed by atoms with E-state index in [0.717, 1.165) is 16.9 Å². The Hall–Kier alpha value is -4.02. The van der Waals surface area contributed by atoms with Gasteiger partial charge >= 0.3 is 6.18 Å². The van der Waals surface area contributed by atoms with Crippen LogP contribution < -0.4 is 14.8 Å². The number of rotatable bonds is 6. The first kappa shape index (κ1) is 22.2. The van der Waals surface area contributed by atoms with Gasteiger partial charge in [-0.1, -0.05) is 0 Å². The number of hydrogen-bond donors (Lipinski definition) is 1. The molecule has 4 aromatic rings. The third-order valence-electron chi connectivity index (χ3n) is 4.99. The lowest BCUT2D eigenvalue weighted by atomic mass is 10.1. The van der Waals surface area contributed by atoms with Gasteiger partial charge in [0.05, 0.1) is 43.0 Å². The zero-order valence-electron chi connectivity index (χ0n) is 18.0. The van der Waals surface area contributed by atoms with Crippen LogP contribution in [0.1, 0.15) is 16.1 Å². The molecule has 1 amide bonds. The highest BCUT2D eigenvalue weighted by atomic mass is 19.4. The summed E-state index contributed by atoms with van der Waals surface area (Å²) in [6, 6.07) is 8.78. The molecule has 0 aliphatic carbocycles. The maximum absolute atomic E-state index is 12.5. The first-order valence-electron chi connectivity index (χ1n) is 9.79. The van der Waals surface area contributed by atoms with E-state index in [0.29, 0.717) is 11.2 Å². The number of aryl methyl sites for hydroxylation is 1. The Kier molecular flexibility index (Phi) is 5.71. The Morgan fingerprint density at radius 1 is 1.03 bits per heavy atom. The van der Waals surface area contributed by atoms with Gasteiger partial charge < -0.3 is 19.4 Å². The molecule has 0 atom stereocenters. The number of benzene rings is 2. The number of aromatic nitrogens is 4. The van der Waals surface area contributed by atoms with E-state index in [1.165, 1.54) is 14.2 Å². The van der Waals surface area contributed by atoms with Crippen LogP contribution in [0.3, 0.4) is 0 Å². The summed E-state index contributed by atoms with van der Waals surface area (Å²) in [6.07, 6.45) is 0.674. The van der Waals surface area contributed by atoms with Crippen molar-refractivity contribution in [3.8, 4) is 22.9 Å². The fourth-order valence-corrected chi connectivity index (χ4v) is 3.46. The maximum atomic E-state index is 12.5. The van der Waals surface area contributed by atoms with Crippen LogP contribution >= 0.6 is 0 Å². The van der Waals surface area contributed by atoms with Gasteiger partial charge in [-0.05, 0) is 25.1 Å². The number of amides is 1. The predicted molar refractivity (Wildman–Crippen MR) is 114 cm³/mol. The second-order valence-corrected chi connectivity index (χ2v) is 7.23. The highest BCUT2D eigenvalue weighted by molar-refractivity contribution is 6.00. The molecule has 33 heavy (non-hydrogen) atoms. The molecule has 0 spiro atoms. The molecule has 0 aliphatic rings. The number of nitrogens with zero attached hydrogens (tertiary/aromatic N) is 4. The van der Waals surface area contributed by atoms with E-state index in [2.05, 4.69) is 9.97 Å². The molecule has 0 aliphatic heterocycles. The molecule has 2 heterocycles. The minimum atomic E-state index is -4.54. The smallest absolute Gasteiger partial charge is 0.405 e. The van der Waals surface area contributed by atoms with Crippen LogP contribution in [0, 0.1) is 6.92 Å². The zero-order chi connectivity index (χ0) is 23.8. The van der Waals surface area contributed by atoms with Gasteiger partial charge in [0.1, 0.15) is 29.9 Å². The fraction of sp³-hybridized carbons (Fsp3) is 0.227. The monoisotopic (exact) mass is 459 g/mol. The summed E-state index contributed by atoms with van der Waals surface area (Å²) >= 11 is 0. The number of carbonyl (C=O) groups excluding carboxylic acids is 1. The Bertz CT molecular complexity index is 1300. The Morgan fingerprint density at radius 3 is 2.30 bits per heavy atom. The van der Waals surface area contributed by atoms with E-state index in [1.54, 1.807) is 29.4 Å². The van der Waals surface area contributed by atoms with E-state index in [4.69, 9.17) is 9.47 Å². The number of carbonyl (C=O) groups is 1. The normalized spacial score (nSPS) is 11.6. The van der Waals surface area contributed by atoms with Crippen LogP contribution in [0.4, 0.5) is 13.2 Å². The van der Waals surface area contributed by atoms with Gasteiger partial charge in [-0.15, -0.1) is 0 Å². The van der Waals surface area contributed by atoms with Gasteiger partial charge in [-0.3, -0.25) is 9.36 Å². The fourth-order valence-electron chi connectivity index (χ4n) is 3.46. The molecule has 0 saturated carbocycles. The van der Waals surface area contributed by atoms with Gasteiger partial charge in [0, 0.05) is 24.0 Å². The summed E-state index contributed by atoms with van der Waals surface area (Å²) in [4.78, 5) is 21.1. The highest BCUT2D eigenvalue weighted by Crippen LogP contribution is 2.33. The molecule has 0 unspecified atom stereocenters. The van der Waals surface area contributed by atoms with E-state index in [1.807, 2.05) is 41.2 Å². The quantitative estimate of drug-likeness (QED) is 0.474. The van der Waals surface area contributed by atoms with Crippen LogP contribution in [0.2, 0.25) is 0 Å². The number of nitrogens with one attached hydrogen (secondary N) is 1. The molecule has 4 rings (SSSR count). The lowest BCUT2D eigenvalue weighted by molar-refractivity contribution is -0.123. The molecule has 2 aromatic heterocycles. The number of alkyl halides is 3. The zero-order valence-corrected chi connectivity index (χ0v) is 18.0. The van der Waals surface area contributed by atoms with E-state index < -0.39 is 18.6 Å². The molecule has 0 bridgehead atoms. The third kappa shape index (κ3) is 4.47. The van der Waals surface area contributed by atoms with Crippen LogP contribution in [-0.2, 0) is 0 Å². The number of ether oxygens (including phenoxy) is 2. The molecule has 0 fully saturated rings. The summed E-state index contributed by atoms with van der Waals surface area (Å²) in [5.74, 6) is -0.823. The first-order chi connectivity index (χ1) is 15.7. The van der Waals surface area contributed by atoms with E-state index >= 15 is 0 Å². The standard InChI is InChI=1S/C22H20F3N5O3/c1-13-9-29(11-27-13)14-4-5-17-16(6-14)28-12-30(17)15-7-18(32-2)20(19(8-15)33-3)21(31)26-10-22(23,24)25/h4-9,11-12H,10H2,1-3H3,(H,26,31). The molecule has 8 nitrogen and oxygen atoms in total. The van der Waals surface area contributed by atoms with E-state index in [-0.39, 0.29) is 17.1 Å². The molecule has 172 valence electrons. The summed E-state index contributed by atoms with van der Waals surface area (Å²) < 4.78 is 51.9. The number of methoxy groups -OCH3 is 2. The van der Waals surface area contributed by atoms with Crippen molar-refractivity contribution in [2.45, 2.75) is 13.1 Å². The van der Waals surface area contributed by atoms with Crippen molar-refractivity contribution in [1.29, 1.82) is 0 Å². The van der Waals surface area contributed by atoms with Crippen molar-refractivity contribution in [3.05, 3.63) is 60.4 Å². The lowest BCUT2D eigenvalue weighted by Gasteiger charge is -2.16. The summed E-state index contributed by atoms with van der Waals surface area (Å²) in [7, 11) is 2.65. The molecule has 0 radical (unpaired) electrons. The second kappa shape index (κ2) is 8.49. The molecule has 0 saturated heterocycles. The van der Waals surface area contributed by atoms with Gasteiger partial charge in [-0.25, -0.2) is 9.97 Å². The Balaban J connectivity index is 1.74. The summed E-state index contributed by atoms with van der Waals surface area (Å²) in [5.41, 5.74) is 3.69.